The van der Waals surface area contributed by atoms with E-state index in [2.05, 4.69) is 0 Å². The average molecular weight is 578 g/mol. The lowest BCUT2D eigenvalue weighted by Gasteiger charge is -2.50. The first-order valence-electron chi connectivity index (χ1n) is 14.9. The molecule has 0 saturated carbocycles. The molecule has 0 spiro atoms. The van der Waals surface area contributed by atoms with Gasteiger partial charge < -0.3 is 29.0 Å². The van der Waals surface area contributed by atoms with Gasteiger partial charge in [-0.15, -0.1) is 0 Å². The Morgan fingerprint density at radius 2 is 1.83 bits per heavy atom. The molecule has 0 radical (unpaired) electrons. The number of esters is 1. The highest BCUT2D eigenvalue weighted by Crippen LogP contribution is 2.57. The highest BCUT2D eigenvalue weighted by atomic mass is 16.7. The molecule has 2 aliphatic heterocycles. The van der Waals surface area contributed by atoms with Crippen molar-refractivity contribution in [2.45, 2.75) is 95.7 Å². The van der Waals surface area contributed by atoms with Gasteiger partial charge in [-0.3, -0.25) is 4.79 Å². The minimum absolute atomic E-state index is 0.0978. The summed E-state index contributed by atoms with van der Waals surface area (Å²) in [5.41, 5.74) is -2.33. The molecule has 2 aromatic carbocycles. The first kappa shape index (κ1) is 30.3. The number of rotatable bonds is 9. The van der Waals surface area contributed by atoms with Gasteiger partial charge in [0.05, 0.1) is 25.7 Å². The number of carbonyl (C=O) groups is 2. The van der Waals surface area contributed by atoms with Crippen molar-refractivity contribution in [3.8, 4) is 5.75 Å². The third-order valence-electron chi connectivity index (χ3n) is 8.83. The van der Waals surface area contributed by atoms with Crippen molar-refractivity contribution in [2.75, 3.05) is 7.11 Å². The Bertz CT molecular complexity index is 1290. The Morgan fingerprint density at radius 3 is 2.45 bits per heavy atom. The van der Waals surface area contributed by atoms with Gasteiger partial charge in [-0.05, 0) is 70.2 Å². The summed E-state index contributed by atoms with van der Waals surface area (Å²) in [5, 5.41) is 12.4. The molecule has 5 rings (SSSR count). The van der Waals surface area contributed by atoms with Crippen molar-refractivity contribution in [3.63, 3.8) is 0 Å². The van der Waals surface area contributed by atoms with Crippen LogP contribution in [-0.4, -0.2) is 58.1 Å². The number of amides is 1. The highest BCUT2D eigenvalue weighted by Gasteiger charge is 2.78. The third-order valence-corrected chi connectivity index (χ3v) is 8.83. The summed E-state index contributed by atoms with van der Waals surface area (Å²) in [6.07, 6.45) is 4.72. The van der Waals surface area contributed by atoms with Crippen LogP contribution in [0.5, 0.6) is 5.75 Å². The lowest BCUT2D eigenvalue weighted by atomic mass is 9.68. The zero-order chi connectivity index (χ0) is 30.1. The van der Waals surface area contributed by atoms with Gasteiger partial charge >= 0.3 is 5.97 Å². The molecule has 0 bridgehead atoms. The van der Waals surface area contributed by atoms with Gasteiger partial charge in [0.1, 0.15) is 17.0 Å². The Labute approximate surface area is 248 Å². The molecule has 0 aromatic heterocycles. The molecule has 42 heavy (non-hydrogen) atoms. The molecule has 1 amide bonds. The molecule has 2 fully saturated rings. The summed E-state index contributed by atoms with van der Waals surface area (Å²) in [4.78, 5) is 30.6. The number of ether oxygens (including phenoxy) is 4. The molecule has 8 heteroatoms. The largest absolute Gasteiger partial charge is 0.497 e. The van der Waals surface area contributed by atoms with Crippen LogP contribution in [-0.2, 0) is 37.0 Å². The number of benzene rings is 2. The summed E-state index contributed by atoms with van der Waals surface area (Å²) in [6.45, 7) is 7.53. The SMILES string of the molecule is COc1ccc(CN2C(=O)[C@@H]3C[C@H](OCc4ccccc4)O[C@]3(C)[C@@]2(C(=O)OC(C)(C)C)C(O)C2C=CCCC2)cc1. The number of fused-ring (bicyclic) bond motifs is 1. The Balaban J connectivity index is 1.58. The number of aliphatic hydroxyl groups is 1. The van der Waals surface area contributed by atoms with Gasteiger partial charge in [0, 0.05) is 18.9 Å². The number of likely N-dealkylation sites (tertiary alicyclic amines) is 1. The predicted molar refractivity (Wildman–Crippen MR) is 157 cm³/mol. The standard InChI is InChI=1S/C34H43NO7/c1-32(2,3)42-31(38)34(29(36)25-14-10-7-11-15-25)33(4)27(20-28(41-33)40-22-24-12-8-6-9-13-24)30(37)35(34)21-23-16-18-26(39-5)19-17-23/h6,8-10,12-14,16-19,25,27-29,36H,7,11,15,20-22H2,1-5H3/t25?,27-,28+,29?,33-,34-/m0/s1. The smallest absolute Gasteiger partial charge is 0.338 e. The second-order valence-electron chi connectivity index (χ2n) is 12.7. The molecule has 2 heterocycles. The number of hydrogen-bond donors (Lipinski definition) is 1. The summed E-state index contributed by atoms with van der Waals surface area (Å²) in [6, 6.07) is 17.1. The maximum atomic E-state index is 14.6. The third kappa shape index (κ3) is 5.48. The van der Waals surface area contributed by atoms with E-state index in [0.717, 1.165) is 24.0 Å². The molecule has 2 aromatic rings. The molecule has 8 nitrogen and oxygen atoms in total. The van der Waals surface area contributed by atoms with E-state index >= 15 is 0 Å². The van der Waals surface area contributed by atoms with E-state index in [1.54, 1.807) is 34.8 Å². The molecule has 2 unspecified atom stereocenters. The number of hydrogen-bond acceptors (Lipinski definition) is 7. The summed E-state index contributed by atoms with van der Waals surface area (Å²) >= 11 is 0. The van der Waals surface area contributed by atoms with Crippen molar-refractivity contribution < 1.29 is 33.6 Å². The van der Waals surface area contributed by atoms with E-state index in [9.17, 15) is 14.7 Å². The van der Waals surface area contributed by atoms with Gasteiger partial charge in [0.25, 0.3) is 0 Å². The molecular formula is C34H43NO7. The number of aliphatic hydroxyl groups excluding tert-OH is 1. The van der Waals surface area contributed by atoms with Gasteiger partial charge in [0.15, 0.2) is 11.8 Å². The molecule has 1 aliphatic carbocycles. The number of nitrogens with zero attached hydrogens (tertiary/aromatic N) is 1. The quantitative estimate of drug-likeness (QED) is 0.325. The fourth-order valence-electron chi connectivity index (χ4n) is 6.78. The summed E-state index contributed by atoms with van der Waals surface area (Å²) in [5.74, 6) is -1.32. The number of methoxy groups -OCH3 is 1. The van der Waals surface area contributed by atoms with Crippen molar-refractivity contribution in [1.82, 2.24) is 4.90 Å². The van der Waals surface area contributed by atoms with Crippen molar-refractivity contribution in [3.05, 3.63) is 77.9 Å². The van der Waals surface area contributed by atoms with Crippen molar-refractivity contribution in [2.24, 2.45) is 11.8 Å². The fraction of sp³-hybridized carbons (Fsp3) is 0.529. The van der Waals surface area contributed by atoms with E-state index in [1.807, 2.05) is 66.7 Å². The number of carbonyl (C=O) groups excluding carboxylic acids is 2. The Hall–Kier alpha value is -3.20. The predicted octanol–water partition coefficient (Wildman–Crippen LogP) is 5.17. The van der Waals surface area contributed by atoms with E-state index in [1.165, 1.54) is 4.90 Å². The second-order valence-corrected chi connectivity index (χ2v) is 12.7. The van der Waals surface area contributed by atoms with E-state index in [-0.39, 0.29) is 24.8 Å². The monoisotopic (exact) mass is 577 g/mol. The van der Waals surface area contributed by atoms with Crippen LogP contribution in [0, 0.1) is 11.8 Å². The molecule has 3 aliphatic rings. The summed E-state index contributed by atoms with van der Waals surface area (Å²) in [7, 11) is 1.59. The minimum atomic E-state index is -1.82. The zero-order valence-corrected chi connectivity index (χ0v) is 25.2. The molecular weight excluding hydrogens is 534 g/mol. The fourth-order valence-corrected chi connectivity index (χ4v) is 6.78. The van der Waals surface area contributed by atoms with Crippen molar-refractivity contribution in [1.29, 1.82) is 0 Å². The topological polar surface area (TPSA) is 94.5 Å². The van der Waals surface area contributed by atoms with Gasteiger partial charge in [-0.1, -0.05) is 54.6 Å². The second kappa shape index (κ2) is 11.8. The van der Waals surface area contributed by atoms with Crippen LogP contribution in [0.15, 0.2) is 66.7 Å². The minimum Gasteiger partial charge on any atom is -0.497 e. The van der Waals surface area contributed by atoms with Gasteiger partial charge in [0.2, 0.25) is 5.91 Å². The first-order chi connectivity index (χ1) is 20.0. The van der Waals surface area contributed by atoms with Gasteiger partial charge in [-0.25, -0.2) is 4.79 Å². The van der Waals surface area contributed by atoms with Crippen LogP contribution < -0.4 is 4.74 Å². The average Bonchev–Trinajstić information content (AvgIpc) is 3.40. The first-order valence-corrected chi connectivity index (χ1v) is 14.9. The van der Waals surface area contributed by atoms with E-state index in [0.29, 0.717) is 18.8 Å². The number of allylic oxidation sites excluding steroid dienone is 1. The van der Waals surface area contributed by atoms with Crippen LogP contribution in [0.4, 0.5) is 0 Å². The molecule has 6 atom stereocenters. The molecule has 226 valence electrons. The van der Waals surface area contributed by atoms with Crippen LogP contribution in [0.25, 0.3) is 0 Å². The van der Waals surface area contributed by atoms with Crippen LogP contribution >= 0.6 is 0 Å². The highest BCUT2D eigenvalue weighted by molar-refractivity contribution is 5.97. The lowest BCUT2D eigenvalue weighted by Crippen LogP contribution is -2.72. The molecule has 2 saturated heterocycles. The Kier molecular flexibility index (Phi) is 8.52. The van der Waals surface area contributed by atoms with Gasteiger partial charge in [-0.2, -0.15) is 0 Å². The zero-order valence-electron chi connectivity index (χ0n) is 25.2. The van der Waals surface area contributed by atoms with E-state index in [4.69, 9.17) is 18.9 Å². The Morgan fingerprint density at radius 1 is 1.12 bits per heavy atom. The lowest BCUT2D eigenvalue weighted by molar-refractivity contribution is -0.234. The maximum absolute atomic E-state index is 14.6. The van der Waals surface area contributed by atoms with Crippen LogP contribution in [0.1, 0.15) is 64.5 Å². The van der Waals surface area contributed by atoms with Crippen molar-refractivity contribution >= 4 is 11.9 Å². The molecule has 1 N–H and O–H groups in total. The van der Waals surface area contributed by atoms with E-state index < -0.39 is 41.0 Å². The summed E-state index contributed by atoms with van der Waals surface area (Å²) < 4.78 is 24.2. The van der Waals surface area contributed by atoms with Crippen LogP contribution in [0.2, 0.25) is 0 Å². The maximum Gasteiger partial charge on any atom is 0.338 e. The van der Waals surface area contributed by atoms with Crippen LogP contribution in [0.3, 0.4) is 0 Å². The normalized spacial score (nSPS) is 29.8.